The van der Waals surface area contributed by atoms with Crippen LogP contribution in [0.2, 0.25) is 0 Å². The van der Waals surface area contributed by atoms with Crippen LogP contribution in [0.25, 0.3) is 0 Å². The summed E-state index contributed by atoms with van der Waals surface area (Å²) in [5.41, 5.74) is -1.22. The van der Waals surface area contributed by atoms with Gasteiger partial charge in [-0.3, -0.25) is 4.79 Å². The van der Waals surface area contributed by atoms with Crippen LogP contribution in [0.1, 0.15) is 48.0 Å². The van der Waals surface area contributed by atoms with Crippen LogP contribution in [-0.4, -0.2) is 30.8 Å². The molecule has 0 saturated heterocycles. The van der Waals surface area contributed by atoms with Gasteiger partial charge in [-0.15, -0.1) is 0 Å². The molecule has 0 heterocycles. The molecule has 0 aromatic carbocycles. The van der Waals surface area contributed by atoms with Gasteiger partial charge in [-0.25, -0.2) is 4.79 Å². The number of carbonyl (C=O) groups excluding carboxylic acids is 2. The Balaban J connectivity index is 2.79. The Morgan fingerprint density at radius 3 is 2.35 bits per heavy atom. The van der Waals surface area contributed by atoms with E-state index in [4.69, 9.17) is 14.2 Å². The molecule has 130 valence electrons. The summed E-state index contributed by atoms with van der Waals surface area (Å²) in [6, 6.07) is 0. The maximum absolute atomic E-state index is 12.0. The van der Waals surface area contributed by atoms with E-state index in [2.05, 4.69) is 0 Å². The van der Waals surface area contributed by atoms with Gasteiger partial charge in [0.1, 0.15) is 11.4 Å². The number of allylic oxidation sites excluding steroid dienone is 3. The Kier molecular flexibility index (Phi) is 6.03. The van der Waals surface area contributed by atoms with Crippen molar-refractivity contribution < 1.29 is 23.8 Å². The molecule has 0 aliphatic heterocycles. The Bertz CT molecular complexity index is 508. The number of methoxy groups -OCH3 is 1. The normalized spacial score (nSPS) is 19.6. The molecule has 0 bridgehead atoms. The van der Waals surface area contributed by atoms with Crippen molar-refractivity contribution in [1.82, 2.24) is 0 Å². The second-order valence-electron chi connectivity index (χ2n) is 7.32. The fourth-order valence-electron chi connectivity index (χ4n) is 2.29. The summed E-state index contributed by atoms with van der Waals surface area (Å²) in [6.07, 6.45) is 5.62. The Labute approximate surface area is 138 Å². The molecule has 0 aromatic heterocycles. The molecule has 5 nitrogen and oxygen atoms in total. The van der Waals surface area contributed by atoms with E-state index < -0.39 is 23.1 Å². The molecule has 2 atom stereocenters. The summed E-state index contributed by atoms with van der Waals surface area (Å²) >= 11 is 0. The fourth-order valence-corrected chi connectivity index (χ4v) is 2.29. The predicted octanol–water partition coefficient (Wildman–Crippen LogP) is 3.39. The standard InChI is InChI=1S/C18H28O5/c1-12(15(19)23-17(2,3)4)22-14-10-8-9-13(11-14)18(5,6)16(20)21-7/h8,10-13H,9H2,1-7H3/t12-,13-/m1/s1. The molecule has 1 aliphatic carbocycles. The van der Waals surface area contributed by atoms with Gasteiger partial charge in [0.05, 0.1) is 12.5 Å². The number of hydrogen-bond acceptors (Lipinski definition) is 5. The first kappa shape index (κ1) is 19.3. The summed E-state index contributed by atoms with van der Waals surface area (Å²) < 4.78 is 15.9. The van der Waals surface area contributed by atoms with Gasteiger partial charge in [0, 0.05) is 0 Å². The minimum absolute atomic E-state index is 0.0548. The molecule has 0 unspecified atom stereocenters. The van der Waals surface area contributed by atoms with Crippen molar-refractivity contribution in [2.24, 2.45) is 11.3 Å². The van der Waals surface area contributed by atoms with E-state index in [1.165, 1.54) is 7.11 Å². The Hall–Kier alpha value is -1.78. The van der Waals surface area contributed by atoms with Crippen LogP contribution < -0.4 is 0 Å². The first-order chi connectivity index (χ1) is 10.5. The van der Waals surface area contributed by atoms with Crippen molar-refractivity contribution in [3.05, 3.63) is 24.0 Å². The average molecular weight is 324 g/mol. The number of hydrogen-bond donors (Lipinski definition) is 0. The lowest BCUT2D eigenvalue weighted by atomic mass is 9.75. The SMILES string of the molecule is COC(=O)C(C)(C)[C@H]1C=C(O[C@H](C)C(=O)OC(C)(C)C)C=CC1. The van der Waals surface area contributed by atoms with Crippen LogP contribution in [0.5, 0.6) is 0 Å². The lowest BCUT2D eigenvalue weighted by Gasteiger charge is -2.31. The van der Waals surface area contributed by atoms with Crippen molar-refractivity contribution in [2.75, 3.05) is 7.11 Å². The minimum Gasteiger partial charge on any atom is -0.479 e. The van der Waals surface area contributed by atoms with E-state index >= 15 is 0 Å². The summed E-state index contributed by atoms with van der Waals surface area (Å²) in [6.45, 7) is 10.8. The van der Waals surface area contributed by atoms with Crippen LogP contribution in [0.15, 0.2) is 24.0 Å². The Morgan fingerprint density at radius 2 is 1.83 bits per heavy atom. The molecule has 0 aromatic rings. The first-order valence-electron chi connectivity index (χ1n) is 7.83. The molecule has 1 aliphatic rings. The van der Waals surface area contributed by atoms with Crippen molar-refractivity contribution in [3.63, 3.8) is 0 Å². The number of rotatable bonds is 5. The van der Waals surface area contributed by atoms with Crippen LogP contribution in [0, 0.1) is 11.3 Å². The van der Waals surface area contributed by atoms with Gasteiger partial charge in [-0.1, -0.05) is 6.08 Å². The highest BCUT2D eigenvalue weighted by atomic mass is 16.6. The first-order valence-corrected chi connectivity index (χ1v) is 7.83. The van der Waals surface area contributed by atoms with Crippen molar-refractivity contribution >= 4 is 11.9 Å². The maximum Gasteiger partial charge on any atom is 0.347 e. The highest BCUT2D eigenvalue weighted by Crippen LogP contribution is 2.35. The molecule has 0 spiro atoms. The van der Waals surface area contributed by atoms with Gasteiger partial charge in [0.2, 0.25) is 0 Å². The zero-order chi connectivity index (χ0) is 17.8. The summed E-state index contributed by atoms with van der Waals surface area (Å²) in [5.74, 6) is -0.174. The van der Waals surface area contributed by atoms with Gasteiger partial charge in [-0.2, -0.15) is 0 Å². The highest BCUT2D eigenvalue weighted by Gasteiger charge is 2.37. The van der Waals surface area contributed by atoms with Crippen molar-refractivity contribution in [2.45, 2.75) is 59.7 Å². The third-order valence-electron chi connectivity index (χ3n) is 3.73. The van der Waals surface area contributed by atoms with E-state index in [9.17, 15) is 9.59 Å². The van der Waals surface area contributed by atoms with Gasteiger partial charge in [0.15, 0.2) is 6.10 Å². The highest BCUT2D eigenvalue weighted by molar-refractivity contribution is 5.77. The number of esters is 2. The molecule has 0 radical (unpaired) electrons. The molecule has 23 heavy (non-hydrogen) atoms. The van der Waals surface area contributed by atoms with E-state index in [1.54, 1.807) is 6.92 Å². The molecule has 0 N–H and O–H groups in total. The average Bonchev–Trinajstić information content (AvgIpc) is 2.44. The molecular formula is C18H28O5. The zero-order valence-corrected chi connectivity index (χ0v) is 15.1. The monoisotopic (exact) mass is 324 g/mol. The van der Waals surface area contributed by atoms with E-state index in [-0.39, 0.29) is 11.9 Å². The van der Waals surface area contributed by atoms with E-state index in [1.807, 2.05) is 52.8 Å². The molecule has 5 heteroatoms. The molecule has 0 saturated carbocycles. The lowest BCUT2D eigenvalue weighted by Crippen LogP contribution is -2.34. The van der Waals surface area contributed by atoms with Crippen molar-refractivity contribution in [1.29, 1.82) is 0 Å². The van der Waals surface area contributed by atoms with E-state index in [0.717, 1.165) is 6.42 Å². The predicted molar refractivity (Wildman–Crippen MR) is 87.5 cm³/mol. The largest absolute Gasteiger partial charge is 0.479 e. The minimum atomic E-state index is -0.717. The van der Waals surface area contributed by atoms with Gasteiger partial charge >= 0.3 is 11.9 Å². The quantitative estimate of drug-likeness (QED) is 0.725. The summed E-state index contributed by atoms with van der Waals surface area (Å²) in [5, 5.41) is 0. The number of carbonyl (C=O) groups is 2. The van der Waals surface area contributed by atoms with Crippen LogP contribution in [0.4, 0.5) is 0 Å². The van der Waals surface area contributed by atoms with Crippen molar-refractivity contribution in [3.8, 4) is 0 Å². The fraction of sp³-hybridized carbons (Fsp3) is 0.667. The third-order valence-corrected chi connectivity index (χ3v) is 3.73. The second kappa shape index (κ2) is 7.20. The summed E-state index contributed by atoms with van der Waals surface area (Å²) in [4.78, 5) is 23.9. The smallest absolute Gasteiger partial charge is 0.347 e. The zero-order valence-electron chi connectivity index (χ0n) is 15.1. The van der Waals surface area contributed by atoms with E-state index in [0.29, 0.717) is 5.76 Å². The third kappa shape index (κ3) is 5.41. The van der Waals surface area contributed by atoms with Gasteiger partial charge < -0.3 is 14.2 Å². The number of ether oxygens (including phenoxy) is 3. The van der Waals surface area contributed by atoms with Crippen LogP contribution >= 0.6 is 0 Å². The molecular weight excluding hydrogens is 296 g/mol. The van der Waals surface area contributed by atoms with Crippen LogP contribution in [-0.2, 0) is 23.8 Å². The second-order valence-corrected chi connectivity index (χ2v) is 7.32. The van der Waals surface area contributed by atoms with Crippen LogP contribution in [0.3, 0.4) is 0 Å². The lowest BCUT2D eigenvalue weighted by molar-refractivity contribution is -0.165. The van der Waals surface area contributed by atoms with Gasteiger partial charge in [-0.05, 0) is 66.0 Å². The molecule has 0 amide bonds. The van der Waals surface area contributed by atoms with Gasteiger partial charge in [0.25, 0.3) is 0 Å². The Morgan fingerprint density at radius 1 is 1.22 bits per heavy atom. The maximum atomic E-state index is 12.0. The summed E-state index contributed by atoms with van der Waals surface area (Å²) in [7, 11) is 1.38. The molecule has 0 fully saturated rings. The topological polar surface area (TPSA) is 61.8 Å². The molecule has 1 rings (SSSR count).